The first kappa shape index (κ1) is 26.0. The zero-order chi connectivity index (χ0) is 26.3. The lowest BCUT2D eigenvalue weighted by Crippen LogP contribution is -2.34. The monoisotopic (exact) mass is 528 g/mol. The number of rotatable bonds is 10. The molecule has 1 unspecified atom stereocenters. The molecule has 8 nitrogen and oxygen atoms in total. The van der Waals surface area contributed by atoms with Crippen LogP contribution < -0.4 is 5.32 Å². The number of hydrogen-bond acceptors (Lipinski definition) is 8. The first-order chi connectivity index (χ1) is 18.6. The van der Waals surface area contributed by atoms with Crippen molar-refractivity contribution in [3.05, 3.63) is 94.9 Å². The fourth-order valence-corrected chi connectivity index (χ4v) is 5.74. The number of nitrogens with zero attached hydrogens (tertiary/aromatic N) is 5. The van der Waals surface area contributed by atoms with Gasteiger partial charge in [-0.05, 0) is 49.3 Å². The predicted octanol–water partition coefficient (Wildman–Crippen LogP) is 4.46. The Kier molecular flexibility index (Phi) is 8.37. The number of likely N-dealkylation sites (N-methyl/N-ethyl adjacent to an activating group) is 1. The Morgan fingerprint density at radius 2 is 2.00 bits per heavy atom. The highest BCUT2D eigenvalue weighted by Crippen LogP contribution is 2.38. The minimum absolute atomic E-state index is 0.0508. The molecule has 38 heavy (non-hydrogen) atoms. The SMILES string of the molecule is CN(C)CC=CC(=O)N1CCc2c(sc3ncnc(NC(COCc4ccncc4)c4ccccc4)c23)C1. The zero-order valence-corrected chi connectivity index (χ0v) is 22.5. The summed E-state index contributed by atoms with van der Waals surface area (Å²) in [7, 11) is 3.97. The standard InChI is InChI=1S/C29H32N6O2S/c1-34(2)15-6-9-26(36)35-16-12-23-25(17-35)38-29-27(23)28(31-20-32-29)33-24(22-7-4-3-5-8-22)19-37-18-21-10-13-30-14-11-21/h3-11,13-14,20,24H,12,15-19H2,1-2H3,(H,31,32,33). The highest BCUT2D eigenvalue weighted by atomic mass is 32.1. The van der Waals surface area contributed by atoms with E-state index < -0.39 is 0 Å². The Morgan fingerprint density at radius 1 is 1.18 bits per heavy atom. The topological polar surface area (TPSA) is 83.5 Å². The second-order valence-electron chi connectivity index (χ2n) is 9.56. The first-order valence-corrected chi connectivity index (χ1v) is 13.5. The molecule has 1 amide bonds. The van der Waals surface area contributed by atoms with Crippen LogP contribution in [0.25, 0.3) is 10.2 Å². The van der Waals surface area contributed by atoms with Gasteiger partial charge in [-0.2, -0.15) is 0 Å². The van der Waals surface area contributed by atoms with Crippen LogP contribution in [-0.2, 0) is 29.1 Å². The quantitative estimate of drug-likeness (QED) is 0.304. The fourth-order valence-electron chi connectivity index (χ4n) is 4.54. The largest absolute Gasteiger partial charge is 0.374 e. The van der Waals surface area contributed by atoms with Gasteiger partial charge < -0.3 is 19.9 Å². The minimum Gasteiger partial charge on any atom is -0.374 e. The average Bonchev–Trinajstić information content (AvgIpc) is 3.32. The zero-order valence-electron chi connectivity index (χ0n) is 21.7. The number of carbonyl (C=O) groups is 1. The van der Waals surface area contributed by atoms with Crippen molar-refractivity contribution in [3.63, 3.8) is 0 Å². The fraction of sp³-hybridized carbons (Fsp3) is 0.310. The molecular formula is C29H32N6O2S. The summed E-state index contributed by atoms with van der Waals surface area (Å²) in [6.45, 7) is 3.00. The second kappa shape index (κ2) is 12.3. The summed E-state index contributed by atoms with van der Waals surface area (Å²) in [6, 6.07) is 14.1. The van der Waals surface area contributed by atoms with Gasteiger partial charge in [0.05, 0.1) is 31.2 Å². The van der Waals surface area contributed by atoms with Gasteiger partial charge in [-0.3, -0.25) is 9.78 Å². The van der Waals surface area contributed by atoms with Gasteiger partial charge in [0.25, 0.3) is 0 Å². The Bertz CT molecular complexity index is 1390. The van der Waals surface area contributed by atoms with Crippen LogP contribution in [0.2, 0.25) is 0 Å². The van der Waals surface area contributed by atoms with Crippen molar-refractivity contribution >= 4 is 33.3 Å². The number of pyridine rings is 1. The van der Waals surface area contributed by atoms with Gasteiger partial charge in [0.15, 0.2) is 0 Å². The van der Waals surface area contributed by atoms with E-state index in [4.69, 9.17) is 4.74 Å². The highest BCUT2D eigenvalue weighted by Gasteiger charge is 2.26. The molecule has 1 aliphatic heterocycles. The van der Waals surface area contributed by atoms with Crippen LogP contribution in [0, 0.1) is 0 Å². The van der Waals surface area contributed by atoms with E-state index in [9.17, 15) is 4.79 Å². The third kappa shape index (κ3) is 6.24. The number of ether oxygens (including phenoxy) is 1. The van der Waals surface area contributed by atoms with Gasteiger partial charge in [-0.1, -0.05) is 36.4 Å². The molecule has 1 aliphatic rings. The molecule has 5 rings (SSSR count). The van der Waals surface area contributed by atoms with Crippen LogP contribution in [0.4, 0.5) is 5.82 Å². The number of nitrogens with one attached hydrogen (secondary N) is 1. The van der Waals surface area contributed by atoms with E-state index in [1.165, 1.54) is 10.4 Å². The molecule has 0 saturated heterocycles. The van der Waals surface area contributed by atoms with Crippen molar-refractivity contribution in [3.8, 4) is 0 Å². The molecule has 0 saturated carbocycles. The lowest BCUT2D eigenvalue weighted by molar-refractivity contribution is -0.126. The van der Waals surface area contributed by atoms with E-state index in [0.717, 1.165) is 40.1 Å². The van der Waals surface area contributed by atoms with Gasteiger partial charge >= 0.3 is 0 Å². The molecular weight excluding hydrogens is 496 g/mol. The minimum atomic E-state index is -0.0878. The van der Waals surface area contributed by atoms with E-state index in [1.807, 2.05) is 60.3 Å². The molecule has 0 aliphatic carbocycles. The van der Waals surface area contributed by atoms with Crippen LogP contribution in [0.5, 0.6) is 0 Å². The van der Waals surface area contributed by atoms with Gasteiger partial charge in [0, 0.05) is 36.4 Å². The lowest BCUT2D eigenvalue weighted by atomic mass is 10.0. The summed E-state index contributed by atoms with van der Waals surface area (Å²) < 4.78 is 6.12. The van der Waals surface area contributed by atoms with E-state index >= 15 is 0 Å². The smallest absolute Gasteiger partial charge is 0.246 e. The maximum absolute atomic E-state index is 12.7. The molecule has 3 aromatic heterocycles. The van der Waals surface area contributed by atoms with Crippen LogP contribution in [-0.4, -0.2) is 64.5 Å². The summed E-state index contributed by atoms with van der Waals surface area (Å²) >= 11 is 1.65. The first-order valence-electron chi connectivity index (χ1n) is 12.7. The van der Waals surface area contributed by atoms with Crippen molar-refractivity contribution in [2.45, 2.75) is 25.6 Å². The van der Waals surface area contributed by atoms with Crippen molar-refractivity contribution in [2.75, 3.05) is 39.1 Å². The van der Waals surface area contributed by atoms with E-state index in [2.05, 4.69) is 32.4 Å². The van der Waals surface area contributed by atoms with Gasteiger partial charge in [-0.15, -0.1) is 11.3 Å². The number of carbonyl (C=O) groups excluding carboxylic acids is 1. The van der Waals surface area contributed by atoms with Gasteiger partial charge in [0.2, 0.25) is 5.91 Å². The Morgan fingerprint density at radius 3 is 2.79 bits per heavy atom. The number of thiophene rings is 1. The molecule has 1 aromatic carbocycles. The molecule has 4 heterocycles. The molecule has 1 atom stereocenters. The van der Waals surface area contributed by atoms with E-state index in [0.29, 0.717) is 26.3 Å². The van der Waals surface area contributed by atoms with Crippen molar-refractivity contribution < 1.29 is 9.53 Å². The third-order valence-corrected chi connectivity index (χ3v) is 7.62. The molecule has 0 fully saturated rings. The number of benzene rings is 1. The van der Waals surface area contributed by atoms with Crippen LogP contribution >= 0.6 is 11.3 Å². The molecule has 4 aromatic rings. The van der Waals surface area contributed by atoms with E-state index in [-0.39, 0.29) is 11.9 Å². The van der Waals surface area contributed by atoms with Crippen LogP contribution in [0.15, 0.2) is 73.3 Å². The summed E-state index contributed by atoms with van der Waals surface area (Å²) in [4.78, 5) is 32.1. The van der Waals surface area contributed by atoms with Gasteiger partial charge in [-0.25, -0.2) is 9.97 Å². The van der Waals surface area contributed by atoms with E-state index in [1.54, 1.807) is 36.1 Å². The lowest BCUT2D eigenvalue weighted by Gasteiger charge is -2.26. The molecule has 0 spiro atoms. The average molecular weight is 529 g/mol. The van der Waals surface area contributed by atoms with Crippen molar-refractivity contribution in [2.24, 2.45) is 0 Å². The van der Waals surface area contributed by atoms with Crippen LogP contribution in [0.1, 0.15) is 27.6 Å². The predicted molar refractivity (Wildman–Crippen MR) is 151 cm³/mol. The third-order valence-electron chi connectivity index (χ3n) is 6.50. The van der Waals surface area contributed by atoms with Crippen molar-refractivity contribution in [1.29, 1.82) is 0 Å². The highest BCUT2D eigenvalue weighted by molar-refractivity contribution is 7.19. The Balaban J connectivity index is 1.35. The summed E-state index contributed by atoms with van der Waals surface area (Å²) in [5, 5.41) is 4.71. The van der Waals surface area contributed by atoms with Crippen LogP contribution in [0.3, 0.4) is 0 Å². The molecule has 0 radical (unpaired) electrons. The number of hydrogen-bond donors (Lipinski definition) is 1. The maximum atomic E-state index is 12.7. The summed E-state index contributed by atoms with van der Waals surface area (Å²) in [6.07, 6.45) is 9.53. The second-order valence-corrected chi connectivity index (χ2v) is 10.6. The Hall–Kier alpha value is -3.66. The molecule has 9 heteroatoms. The number of fused-ring (bicyclic) bond motifs is 3. The molecule has 1 N–H and O–H groups in total. The Labute approximate surface area is 227 Å². The van der Waals surface area contributed by atoms with Gasteiger partial charge in [0.1, 0.15) is 17.0 Å². The normalized spacial score (nSPS) is 14.2. The number of amides is 1. The summed E-state index contributed by atoms with van der Waals surface area (Å²) in [5.74, 6) is 0.856. The van der Waals surface area contributed by atoms with Crippen molar-refractivity contribution in [1.82, 2.24) is 24.8 Å². The number of aromatic nitrogens is 3. The molecule has 0 bridgehead atoms. The maximum Gasteiger partial charge on any atom is 0.246 e. The number of anilines is 1. The molecule has 196 valence electrons. The summed E-state index contributed by atoms with van der Waals surface area (Å²) in [5.41, 5.74) is 3.44.